The summed E-state index contributed by atoms with van der Waals surface area (Å²) >= 11 is 12.0. The first kappa shape index (κ1) is 25.8. The lowest BCUT2D eigenvalue weighted by molar-refractivity contribution is -0.0168. The highest BCUT2D eigenvalue weighted by atomic mass is 35.5. The molecule has 0 amide bonds. The average molecular weight is 518 g/mol. The van der Waals surface area contributed by atoms with Gasteiger partial charge >= 0.3 is 0 Å². The van der Waals surface area contributed by atoms with Crippen LogP contribution in [-0.2, 0) is 13.1 Å². The van der Waals surface area contributed by atoms with E-state index < -0.39 is 5.60 Å². The number of halogens is 2. The van der Waals surface area contributed by atoms with Crippen LogP contribution in [-0.4, -0.2) is 51.5 Å². The highest BCUT2D eigenvalue weighted by molar-refractivity contribution is 6.42. The summed E-state index contributed by atoms with van der Waals surface area (Å²) in [7, 11) is 0. The predicted molar refractivity (Wildman–Crippen MR) is 140 cm³/mol. The third-order valence-corrected chi connectivity index (χ3v) is 7.19. The van der Waals surface area contributed by atoms with Crippen molar-refractivity contribution in [1.82, 2.24) is 14.5 Å². The number of aliphatic hydroxyl groups is 1. The maximum absolute atomic E-state index is 11.1. The van der Waals surface area contributed by atoms with Crippen molar-refractivity contribution in [3.63, 3.8) is 0 Å². The van der Waals surface area contributed by atoms with Crippen LogP contribution in [0.1, 0.15) is 37.1 Å². The highest BCUT2D eigenvalue weighted by Crippen LogP contribution is 2.29. The summed E-state index contributed by atoms with van der Waals surface area (Å²) in [4.78, 5) is 6.64. The van der Waals surface area contributed by atoms with Crippen molar-refractivity contribution < 1.29 is 14.6 Å². The minimum Gasteiger partial charge on any atom is -0.494 e. The molecule has 0 aliphatic carbocycles. The molecule has 1 fully saturated rings. The number of benzene rings is 2. The minimum atomic E-state index is -0.862. The van der Waals surface area contributed by atoms with E-state index in [-0.39, 0.29) is 6.61 Å². The van der Waals surface area contributed by atoms with Crippen LogP contribution >= 0.6 is 23.2 Å². The molecule has 8 heteroatoms. The molecule has 0 saturated carbocycles. The smallest absolute Gasteiger partial charge is 0.121 e. The first-order valence-corrected chi connectivity index (χ1v) is 12.9. The molecule has 1 saturated heterocycles. The molecule has 1 atom stereocenters. The molecule has 0 spiro atoms. The Morgan fingerprint density at radius 2 is 1.89 bits per heavy atom. The Morgan fingerprint density at radius 3 is 2.69 bits per heavy atom. The van der Waals surface area contributed by atoms with Crippen LogP contribution < -0.4 is 9.47 Å². The largest absolute Gasteiger partial charge is 0.494 e. The fourth-order valence-corrected chi connectivity index (χ4v) is 4.67. The van der Waals surface area contributed by atoms with Crippen molar-refractivity contribution in [2.24, 2.45) is 0 Å². The van der Waals surface area contributed by atoms with Gasteiger partial charge in [0.25, 0.3) is 0 Å². The maximum atomic E-state index is 11.1. The lowest BCUT2D eigenvalue weighted by Crippen LogP contribution is -2.37. The van der Waals surface area contributed by atoms with Crippen molar-refractivity contribution >= 4 is 23.2 Å². The molecular weight excluding hydrogens is 485 g/mol. The van der Waals surface area contributed by atoms with E-state index in [0.717, 1.165) is 50.6 Å². The Balaban J connectivity index is 1.23. The SMILES string of the molecule is Cc1nccn1CCCOc1cccc(CN2CCCC(O)(COc3ccc(Cl)c(Cl)c3)CC2)c1. The summed E-state index contributed by atoms with van der Waals surface area (Å²) in [6, 6.07) is 13.5. The van der Waals surface area contributed by atoms with Crippen molar-refractivity contribution in [2.75, 3.05) is 26.3 Å². The second kappa shape index (κ2) is 12.1. The number of aryl methyl sites for hydroxylation is 2. The molecule has 6 nitrogen and oxygen atoms in total. The second-order valence-corrected chi connectivity index (χ2v) is 10.1. The van der Waals surface area contributed by atoms with Gasteiger partial charge in [-0.2, -0.15) is 0 Å². The molecular formula is C27H33Cl2N3O3. The van der Waals surface area contributed by atoms with Crippen molar-refractivity contribution in [2.45, 2.75) is 51.3 Å². The van der Waals surface area contributed by atoms with Crippen LogP contribution in [0.15, 0.2) is 54.9 Å². The van der Waals surface area contributed by atoms with Gasteiger partial charge in [0.05, 0.1) is 22.3 Å². The molecule has 1 aromatic heterocycles. The van der Waals surface area contributed by atoms with Gasteiger partial charge in [-0.15, -0.1) is 0 Å². The van der Waals surface area contributed by atoms with E-state index >= 15 is 0 Å². The second-order valence-electron chi connectivity index (χ2n) is 9.24. The Morgan fingerprint density at radius 1 is 1.03 bits per heavy atom. The number of ether oxygens (including phenoxy) is 2. The topological polar surface area (TPSA) is 59.8 Å². The number of hydrogen-bond acceptors (Lipinski definition) is 5. The number of rotatable bonds is 10. The molecule has 1 N–H and O–H groups in total. The molecule has 0 radical (unpaired) electrons. The average Bonchev–Trinajstić information content (AvgIpc) is 3.16. The summed E-state index contributed by atoms with van der Waals surface area (Å²) in [6.45, 7) is 6.38. The lowest BCUT2D eigenvalue weighted by Gasteiger charge is -2.27. The molecule has 2 heterocycles. The van der Waals surface area contributed by atoms with E-state index in [2.05, 4.69) is 26.6 Å². The molecule has 35 heavy (non-hydrogen) atoms. The van der Waals surface area contributed by atoms with Crippen molar-refractivity contribution in [3.05, 3.63) is 76.3 Å². The Labute approximate surface area is 217 Å². The Bertz CT molecular complexity index is 1110. The van der Waals surface area contributed by atoms with Gasteiger partial charge in [-0.25, -0.2) is 4.98 Å². The van der Waals surface area contributed by atoms with E-state index in [1.54, 1.807) is 18.2 Å². The number of imidazole rings is 1. The standard InChI is InChI=1S/C27H33Cl2N3O3/c1-21-30-11-15-32(21)13-4-16-34-23-6-2-5-22(17-23)19-31-12-3-9-27(33,10-14-31)20-35-24-7-8-25(28)26(29)18-24/h2,5-8,11,15,17-18,33H,3-4,9-10,12-14,16,19-20H2,1H3. The predicted octanol–water partition coefficient (Wildman–Crippen LogP) is 5.76. The zero-order valence-corrected chi connectivity index (χ0v) is 21.6. The van der Waals surface area contributed by atoms with E-state index in [0.29, 0.717) is 35.2 Å². The number of likely N-dealkylation sites (tertiary alicyclic amines) is 1. The maximum Gasteiger partial charge on any atom is 0.121 e. The van der Waals surface area contributed by atoms with E-state index in [4.69, 9.17) is 32.7 Å². The number of hydrogen-bond donors (Lipinski definition) is 1. The van der Waals surface area contributed by atoms with Gasteiger partial charge in [-0.3, -0.25) is 4.90 Å². The van der Waals surface area contributed by atoms with Crippen LogP contribution in [0.4, 0.5) is 0 Å². The summed E-state index contributed by atoms with van der Waals surface area (Å²) in [5.41, 5.74) is 0.352. The normalized spacial score (nSPS) is 18.9. The quantitative estimate of drug-likeness (QED) is 0.346. The highest BCUT2D eigenvalue weighted by Gasteiger charge is 2.31. The fourth-order valence-electron chi connectivity index (χ4n) is 4.38. The van der Waals surface area contributed by atoms with Crippen LogP contribution in [0.5, 0.6) is 11.5 Å². The molecule has 1 unspecified atom stereocenters. The van der Waals surface area contributed by atoms with E-state index in [1.807, 2.05) is 31.5 Å². The molecule has 1 aliphatic heterocycles. The zero-order chi connectivity index (χ0) is 24.7. The van der Waals surface area contributed by atoms with E-state index in [9.17, 15) is 5.11 Å². The summed E-state index contributed by atoms with van der Waals surface area (Å²) < 4.78 is 14.0. The van der Waals surface area contributed by atoms with Gasteiger partial charge in [0.1, 0.15) is 23.9 Å². The fraction of sp³-hybridized carbons (Fsp3) is 0.444. The van der Waals surface area contributed by atoms with Gasteiger partial charge in [-0.05, 0) is 69.0 Å². The monoisotopic (exact) mass is 517 g/mol. The molecule has 3 aromatic rings. The molecule has 188 valence electrons. The number of nitrogens with zero attached hydrogens (tertiary/aromatic N) is 3. The molecule has 2 aromatic carbocycles. The zero-order valence-electron chi connectivity index (χ0n) is 20.1. The molecule has 1 aliphatic rings. The van der Waals surface area contributed by atoms with Crippen LogP contribution in [0.2, 0.25) is 10.0 Å². The molecule has 4 rings (SSSR count). The molecule has 0 bridgehead atoms. The van der Waals surface area contributed by atoms with Gasteiger partial charge in [0, 0.05) is 38.1 Å². The van der Waals surface area contributed by atoms with Gasteiger partial charge in [0.15, 0.2) is 0 Å². The van der Waals surface area contributed by atoms with Crippen LogP contribution in [0, 0.1) is 6.92 Å². The first-order chi connectivity index (χ1) is 16.9. The minimum absolute atomic E-state index is 0.237. The third-order valence-electron chi connectivity index (χ3n) is 6.45. The van der Waals surface area contributed by atoms with Crippen LogP contribution in [0.3, 0.4) is 0 Å². The Kier molecular flexibility index (Phi) is 8.95. The van der Waals surface area contributed by atoms with E-state index in [1.165, 1.54) is 5.56 Å². The third kappa shape index (κ3) is 7.61. The summed E-state index contributed by atoms with van der Waals surface area (Å²) in [5.74, 6) is 2.54. The summed E-state index contributed by atoms with van der Waals surface area (Å²) in [5, 5.41) is 12.1. The Hall–Kier alpha value is -2.25. The lowest BCUT2D eigenvalue weighted by atomic mass is 9.96. The van der Waals surface area contributed by atoms with Crippen molar-refractivity contribution in [1.29, 1.82) is 0 Å². The van der Waals surface area contributed by atoms with Crippen LogP contribution in [0.25, 0.3) is 0 Å². The first-order valence-electron chi connectivity index (χ1n) is 12.1. The van der Waals surface area contributed by atoms with Gasteiger partial charge < -0.3 is 19.1 Å². The van der Waals surface area contributed by atoms with Crippen molar-refractivity contribution in [3.8, 4) is 11.5 Å². The summed E-state index contributed by atoms with van der Waals surface area (Å²) in [6.07, 6.45) is 7.01. The number of aromatic nitrogens is 2. The van der Waals surface area contributed by atoms with Gasteiger partial charge in [0.2, 0.25) is 0 Å². The van der Waals surface area contributed by atoms with Gasteiger partial charge in [-0.1, -0.05) is 35.3 Å².